The highest BCUT2D eigenvalue weighted by Crippen LogP contribution is 2.41. The third kappa shape index (κ3) is 3.09. The minimum atomic E-state index is -0.680. The molecule has 5 nitrogen and oxygen atoms in total. The van der Waals surface area contributed by atoms with Gasteiger partial charge in [-0.3, -0.25) is 4.68 Å². The van der Waals surface area contributed by atoms with Crippen LogP contribution in [0.4, 0.5) is 0 Å². The smallest absolute Gasteiger partial charge is 0.328 e. The van der Waals surface area contributed by atoms with Gasteiger partial charge in [-0.1, -0.05) is 18.5 Å². The summed E-state index contributed by atoms with van der Waals surface area (Å²) in [5.74, 6) is 0.101. The minimum absolute atomic E-state index is 0.213. The molecule has 106 valence electrons. The predicted octanol–water partition coefficient (Wildman–Crippen LogP) is 1.86. The number of nitrogens with one attached hydrogen (secondary N) is 1. The number of ether oxygens (including phenoxy) is 1. The quantitative estimate of drug-likeness (QED) is 0.777. The first-order valence-electron chi connectivity index (χ1n) is 6.63. The van der Waals surface area contributed by atoms with Crippen molar-refractivity contribution in [2.45, 2.75) is 38.3 Å². The van der Waals surface area contributed by atoms with E-state index in [1.54, 1.807) is 17.1 Å². The lowest BCUT2D eigenvalue weighted by Gasteiger charge is -2.32. The molecule has 0 amide bonds. The van der Waals surface area contributed by atoms with Crippen molar-refractivity contribution >= 4 is 17.6 Å². The van der Waals surface area contributed by atoms with Gasteiger partial charge in [0.15, 0.2) is 0 Å². The second-order valence-electron chi connectivity index (χ2n) is 5.02. The van der Waals surface area contributed by atoms with Crippen LogP contribution in [0.25, 0.3) is 0 Å². The van der Waals surface area contributed by atoms with E-state index in [1.807, 2.05) is 0 Å². The second-order valence-corrected chi connectivity index (χ2v) is 5.46. The Balaban J connectivity index is 2.22. The topological polar surface area (TPSA) is 56.2 Å². The SMILES string of the molecule is CCCNC(Cn1cc(Cl)cn1)(C(=O)OC)C1CC1. The first kappa shape index (κ1) is 14.3. The molecule has 1 saturated carbocycles. The van der Waals surface area contributed by atoms with E-state index in [4.69, 9.17) is 16.3 Å². The van der Waals surface area contributed by atoms with Gasteiger partial charge in [0.1, 0.15) is 5.54 Å². The Morgan fingerprint density at radius 3 is 2.89 bits per heavy atom. The number of esters is 1. The van der Waals surface area contributed by atoms with E-state index in [-0.39, 0.29) is 5.97 Å². The molecule has 19 heavy (non-hydrogen) atoms. The molecule has 0 bridgehead atoms. The van der Waals surface area contributed by atoms with E-state index in [1.165, 1.54) is 7.11 Å². The Hall–Kier alpha value is -1.07. The highest BCUT2D eigenvalue weighted by molar-refractivity contribution is 6.30. The van der Waals surface area contributed by atoms with Crippen LogP contribution in [-0.4, -0.2) is 34.9 Å². The largest absolute Gasteiger partial charge is 0.468 e. The van der Waals surface area contributed by atoms with Gasteiger partial charge in [-0.15, -0.1) is 0 Å². The standard InChI is InChI=1S/C13H20ClN3O2/c1-3-6-15-13(10-4-5-10,12(18)19-2)9-17-8-11(14)7-16-17/h7-8,10,15H,3-6,9H2,1-2H3. The first-order valence-corrected chi connectivity index (χ1v) is 7.01. The predicted molar refractivity (Wildman–Crippen MR) is 73.0 cm³/mol. The maximum atomic E-state index is 12.3. The number of halogens is 1. The number of aromatic nitrogens is 2. The number of carbonyl (C=O) groups is 1. The van der Waals surface area contributed by atoms with Gasteiger partial charge in [0.25, 0.3) is 0 Å². The lowest BCUT2D eigenvalue weighted by Crippen LogP contribution is -2.57. The molecule has 1 atom stereocenters. The number of nitrogens with zero attached hydrogens (tertiary/aromatic N) is 2. The van der Waals surface area contributed by atoms with Gasteiger partial charge < -0.3 is 10.1 Å². The summed E-state index contributed by atoms with van der Waals surface area (Å²) in [5.41, 5.74) is -0.680. The van der Waals surface area contributed by atoms with Gasteiger partial charge in [-0.05, 0) is 31.7 Å². The van der Waals surface area contributed by atoms with Gasteiger partial charge in [0.05, 0.1) is 24.9 Å². The van der Waals surface area contributed by atoms with Crippen LogP contribution >= 0.6 is 11.6 Å². The molecule has 0 aliphatic heterocycles. The molecule has 0 spiro atoms. The third-order valence-electron chi connectivity index (χ3n) is 3.53. The Morgan fingerprint density at radius 1 is 1.68 bits per heavy atom. The van der Waals surface area contributed by atoms with Gasteiger partial charge >= 0.3 is 5.97 Å². The molecule has 1 aliphatic rings. The van der Waals surface area contributed by atoms with Crippen molar-refractivity contribution in [1.82, 2.24) is 15.1 Å². The third-order valence-corrected chi connectivity index (χ3v) is 3.72. The lowest BCUT2D eigenvalue weighted by molar-refractivity contribution is -0.150. The van der Waals surface area contributed by atoms with E-state index in [2.05, 4.69) is 17.3 Å². The summed E-state index contributed by atoms with van der Waals surface area (Å²) in [5, 5.41) is 8.12. The van der Waals surface area contributed by atoms with E-state index in [9.17, 15) is 4.79 Å². The van der Waals surface area contributed by atoms with E-state index < -0.39 is 5.54 Å². The van der Waals surface area contributed by atoms with E-state index >= 15 is 0 Å². The molecule has 0 radical (unpaired) electrons. The molecular formula is C13H20ClN3O2. The van der Waals surface area contributed by atoms with Crippen LogP contribution in [0.5, 0.6) is 0 Å². The normalized spacial score (nSPS) is 18.1. The molecule has 1 unspecified atom stereocenters. The molecule has 0 aromatic carbocycles. The fraction of sp³-hybridized carbons (Fsp3) is 0.692. The highest BCUT2D eigenvalue weighted by Gasteiger charge is 2.52. The molecule has 1 aromatic heterocycles. The Bertz CT molecular complexity index is 445. The van der Waals surface area contributed by atoms with Gasteiger partial charge in [0.2, 0.25) is 0 Å². The fourth-order valence-electron chi connectivity index (χ4n) is 2.42. The molecule has 1 heterocycles. The van der Waals surface area contributed by atoms with Crippen LogP contribution < -0.4 is 5.32 Å². The average Bonchev–Trinajstić information content (AvgIpc) is 3.18. The van der Waals surface area contributed by atoms with Gasteiger partial charge in [-0.25, -0.2) is 4.79 Å². The summed E-state index contributed by atoms with van der Waals surface area (Å²) < 4.78 is 6.73. The van der Waals surface area contributed by atoms with Crippen molar-refractivity contribution in [3.05, 3.63) is 17.4 Å². The zero-order valence-electron chi connectivity index (χ0n) is 11.4. The summed E-state index contributed by atoms with van der Waals surface area (Å²) in [6.07, 6.45) is 6.36. The summed E-state index contributed by atoms with van der Waals surface area (Å²) in [7, 11) is 1.43. The molecule has 0 saturated heterocycles. The second kappa shape index (κ2) is 5.92. The summed E-state index contributed by atoms with van der Waals surface area (Å²) in [6.45, 7) is 3.31. The highest BCUT2D eigenvalue weighted by atomic mass is 35.5. The molecule has 1 fully saturated rings. The zero-order chi connectivity index (χ0) is 13.9. The lowest BCUT2D eigenvalue weighted by atomic mass is 9.92. The van der Waals surface area contributed by atoms with Crippen LogP contribution in [0.3, 0.4) is 0 Å². The van der Waals surface area contributed by atoms with Crippen LogP contribution in [0.15, 0.2) is 12.4 Å². The van der Waals surface area contributed by atoms with Crippen molar-refractivity contribution < 1.29 is 9.53 Å². The van der Waals surface area contributed by atoms with Crippen molar-refractivity contribution in [3.63, 3.8) is 0 Å². The van der Waals surface area contributed by atoms with Gasteiger partial charge in [-0.2, -0.15) is 5.10 Å². The first-order chi connectivity index (χ1) is 9.12. The van der Waals surface area contributed by atoms with Crippen LogP contribution in [0.1, 0.15) is 26.2 Å². The monoisotopic (exact) mass is 285 g/mol. The summed E-state index contributed by atoms with van der Waals surface area (Å²) in [6, 6.07) is 0. The molecule has 1 aliphatic carbocycles. The van der Waals surface area contributed by atoms with Crippen molar-refractivity contribution in [2.75, 3.05) is 13.7 Å². The van der Waals surface area contributed by atoms with Crippen LogP contribution in [0.2, 0.25) is 5.02 Å². The summed E-state index contributed by atoms with van der Waals surface area (Å²) in [4.78, 5) is 12.3. The van der Waals surface area contributed by atoms with Gasteiger partial charge in [0, 0.05) is 6.20 Å². The molecule has 1 N–H and O–H groups in total. The zero-order valence-corrected chi connectivity index (χ0v) is 12.1. The fourth-order valence-corrected chi connectivity index (χ4v) is 2.58. The molecular weight excluding hydrogens is 266 g/mol. The molecule has 2 rings (SSSR count). The number of rotatable bonds is 7. The van der Waals surface area contributed by atoms with E-state index in [0.29, 0.717) is 17.5 Å². The van der Waals surface area contributed by atoms with Crippen molar-refractivity contribution in [3.8, 4) is 0 Å². The van der Waals surface area contributed by atoms with Crippen LogP contribution in [-0.2, 0) is 16.1 Å². The Kier molecular flexibility index (Phi) is 4.47. The van der Waals surface area contributed by atoms with Crippen molar-refractivity contribution in [1.29, 1.82) is 0 Å². The number of hydrogen-bond acceptors (Lipinski definition) is 4. The molecule has 1 aromatic rings. The summed E-state index contributed by atoms with van der Waals surface area (Å²) >= 11 is 5.88. The number of hydrogen-bond donors (Lipinski definition) is 1. The number of methoxy groups -OCH3 is 1. The molecule has 6 heteroatoms. The maximum Gasteiger partial charge on any atom is 0.328 e. The maximum absolute atomic E-state index is 12.3. The van der Waals surface area contributed by atoms with E-state index in [0.717, 1.165) is 25.8 Å². The van der Waals surface area contributed by atoms with Crippen LogP contribution in [0, 0.1) is 5.92 Å². The minimum Gasteiger partial charge on any atom is -0.468 e. The Morgan fingerprint density at radius 2 is 2.42 bits per heavy atom. The number of carbonyl (C=O) groups excluding carboxylic acids is 1. The average molecular weight is 286 g/mol. The van der Waals surface area contributed by atoms with Crippen molar-refractivity contribution in [2.24, 2.45) is 5.92 Å². The Labute approximate surface area is 118 Å².